The van der Waals surface area contributed by atoms with Crippen molar-refractivity contribution in [2.24, 2.45) is 91.2 Å². The van der Waals surface area contributed by atoms with Crippen molar-refractivity contribution in [2.75, 3.05) is 26.3 Å². The van der Waals surface area contributed by atoms with E-state index in [0.717, 1.165) is 51.4 Å². The minimum Gasteiger partial charge on any atom is -0.481 e. The van der Waals surface area contributed by atoms with Gasteiger partial charge in [0.2, 0.25) is 11.8 Å². The molecule has 3 unspecified atom stereocenters. The van der Waals surface area contributed by atoms with E-state index in [2.05, 4.69) is 53.8 Å². The fourth-order valence-electron chi connectivity index (χ4n) is 17.5. The van der Waals surface area contributed by atoms with E-state index in [9.17, 15) is 19.5 Å². The number of morpholine rings is 1. The number of hydrogen-bond acceptors (Lipinski definition) is 6. The minimum absolute atomic E-state index is 0.0154. The van der Waals surface area contributed by atoms with Crippen LogP contribution in [0.3, 0.4) is 0 Å². The van der Waals surface area contributed by atoms with Crippen LogP contribution < -0.4 is 5.32 Å². The highest BCUT2D eigenvalue weighted by molar-refractivity contribution is 5.85. The molecule has 0 aromatic carbocycles. The molecule has 8 saturated carbocycles. The Hall–Kier alpha value is -2.16. The molecule has 9 rings (SSSR count). The summed E-state index contributed by atoms with van der Waals surface area (Å²) in [6, 6.07) is 0.0551. The molecule has 15 atom stereocenters. The van der Waals surface area contributed by atoms with Crippen LogP contribution >= 0.6 is 0 Å². The summed E-state index contributed by atoms with van der Waals surface area (Å²) in [6.07, 6.45) is 15.3. The summed E-state index contributed by atoms with van der Waals surface area (Å²) in [5.74, 6) is 1.50. The van der Waals surface area contributed by atoms with Gasteiger partial charge in [0.25, 0.3) is 0 Å². The lowest BCUT2D eigenvalue weighted by Gasteiger charge is -2.73. The number of fused-ring (bicyclic) bond motifs is 7. The van der Waals surface area contributed by atoms with E-state index in [-0.39, 0.29) is 62.9 Å². The van der Waals surface area contributed by atoms with Crippen LogP contribution in [0.1, 0.15) is 159 Å². The van der Waals surface area contributed by atoms with Gasteiger partial charge in [-0.15, -0.1) is 0 Å². The Kier molecular flexibility index (Phi) is 9.95. The van der Waals surface area contributed by atoms with Crippen LogP contribution in [0, 0.1) is 91.2 Å². The molecule has 2 amide bonds. The highest BCUT2D eigenvalue weighted by Crippen LogP contribution is 2.79. The van der Waals surface area contributed by atoms with Gasteiger partial charge < -0.3 is 24.8 Å². The standard InChI is InChI=1S/C50H78N2O7/c1-29-26-30(40(53)52-22-24-58-25-23-52)27-35(29)51-43(57)50-17-12-31(46(6)18-19-46)39(50)32-10-11-37-47(7)15-14-38(59-42(56)34-28-33(41(54)55)44(34,2)3)45(4,5)36(47)13-16-49(37,9)48(32,8)20-21-50/h29-39H,10-28H2,1-9H3,(H,51,57)(H,54,55)/t29?,30-,31?,32+,33-,34+,35-,36-,37+,38-,39?,47-,48+,49+,50-/m0/s1. The van der Waals surface area contributed by atoms with Crippen LogP contribution in [0.4, 0.5) is 0 Å². The van der Waals surface area contributed by atoms with Crippen molar-refractivity contribution < 1.29 is 33.8 Å². The Labute approximate surface area is 355 Å². The second-order valence-corrected chi connectivity index (χ2v) is 24.6. The number of esters is 1. The number of carboxylic acids is 1. The molecule has 9 nitrogen and oxygen atoms in total. The third kappa shape index (κ3) is 6.03. The third-order valence-electron chi connectivity index (χ3n) is 21.7. The van der Waals surface area contributed by atoms with Crippen molar-refractivity contribution in [2.45, 2.75) is 171 Å². The Morgan fingerprint density at radius 1 is 0.695 bits per heavy atom. The van der Waals surface area contributed by atoms with E-state index < -0.39 is 17.3 Å². The van der Waals surface area contributed by atoms with Crippen LogP contribution in [0.2, 0.25) is 0 Å². The van der Waals surface area contributed by atoms with Crippen LogP contribution in [-0.4, -0.2) is 72.2 Å². The van der Waals surface area contributed by atoms with Crippen LogP contribution in [0.25, 0.3) is 0 Å². The fourth-order valence-corrected chi connectivity index (χ4v) is 17.5. The molecule has 2 N–H and O–H groups in total. The largest absolute Gasteiger partial charge is 0.481 e. The zero-order valence-electron chi connectivity index (χ0n) is 38.1. The summed E-state index contributed by atoms with van der Waals surface area (Å²) in [5, 5.41) is 13.4. The van der Waals surface area contributed by atoms with Crippen LogP contribution in [0.15, 0.2) is 0 Å². The molecule has 0 radical (unpaired) electrons. The number of amides is 2. The molecule has 59 heavy (non-hydrogen) atoms. The fraction of sp³-hybridized carbons (Fsp3) is 0.920. The number of carbonyl (C=O) groups excluding carboxylic acids is 3. The van der Waals surface area contributed by atoms with Gasteiger partial charge in [-0.05, 0) is 159 Å². The predicted molar refractivity (Wildman–Crippen MR) is 226 cm³/mol. The maximum absolute atomic E-state index is 15.2. The molecule has 9 fully saturated rings. The van der Waals surface area contributed by atoms with E-state index in [1.807, 2.05) is 18.7 Å². The summed E-state index contributed by atoms with van der Waals surface area (Å²) in [7, 11) is 0. The molecular formula is C50H78N2O7. The van der Waals surface area contributed by atoms with Gasteiger partial charge >= 0.3 is 11.9 Å². The molecule has 9 aliphatic rings. The Bertz CT molecular complexity index is 1730. The van der Waals surface area contributed by atoms with Crippen molar-refractivity contribution in [3.8, 4) is 0 Å². The van der Waals surface area contributed by atoms with Gasteiger partial charge in [0, 0.05) is 30.5 Å². The Morgan fingerprint density at radius 2 is 1.41 bits per heavy atom. The number of ether oxygens (including phenoxy) is 2. The van der Waals surface area contributed by atoms with Gasteiger partial charge in [0.05, 0.1) is 30.5 Å². The van der Waals surface area contributed by atoms with E-state index in [4.69, 9.17) is 9.47 Å². The monoisotopic (exact) mass is 819 g/mol. The summed E-state index contributed by atoms with van der Waals surface area (Å²) in [5.41, 5.74) is -0.295. The van der Waals surface area contributed by atoms with Crippen LogP contribution in [0.5, 0.6) is 0 Å². The van der Waals surface area contributed by atoms with Gasteiger partial charge in [-0.1, -0.05) is 62.3 Å². The molecule has 0 aromatic rings. The summed E-state index contributed by atoms with van der Waals surface area (Å²) in [6.45, 7) is 23.8. The lowest BCUT2D eigenvalue weighted by molar-refractivity contribution is -0.252. The first-order valence-electron chi connectivity index (χ1n) is 24.2. The molecule has 1 aliphatic heterocycles. The van der Waals surface area contributed by atoms with Crippen molar-refractivity contribution in [3.63, 3.8) is 0 Å². The first-order valence-corrected chi connectivity index (χ1v) is 24.2. The second kappa shape index (κ2) is 13.9. The molecule has 330 valence electrons. The molecular weight excluding hydrogens is 741 g/mol. The minimum atomic E-state index is -0.815. The van der Waals surface area contributed by atoms with E-state index >= 15 is 4.79 Å². The number of nitrogens with zero attached hydrogens (tertiary/aromatic N) is 1. The normalized spacial score (nSPS) is 48.9. The number of rotatable bonds is 7. The van der Waals surface area contributed by atoms with Gasteiger partial charge in [0.1, 0.15) is 6.10 Å². The lowest BCUT2D eigenvalue weighted by Crippen LogP contribution is -2.68. The van der Waals surface area contributed by atoms with E-state index in [1.54, 1.807) is 0 Å². The zero-order valence-corrected chi connectivity index (χ0v) is 38.1. The number of aliphatic carboxylic acids is 1. The number of hydrogen-bond donors (Lipinski definition) is 2. The van der Waals surface area contributed by atoms with Gasteiger partial charge in [-0.2, -0.15) is 0 Å². The molecule has 0 bridgehead atoms. The van der Waals surface area contributed by atoms with Gasteiger partial charge in [-0.3, -0.25) is 19.2 Å². The Balaban J connectivity index is 0.937. The summed E-state index contributed by atoms with van der Waals surface area (Å²) < 4.78 is 12.0. The zero-order chi connectivity index (χ0) is 42.3. The first kappa shape index (κ1) is 42.2. The topological polar surface area (TPSA) is 122 Å². The average molecular weight is 819 g/mol. The van der Waals surface area contributed by atoms with Gasteiger partial charge in [-0.25, -0.2) is 0 Å². The molecule has 1 saturated heterocycles. The van der Waals surface area contributed by atoms with Crippen molar-refractivity contribution in [1.82, 2.24) is 10.2 Å². The van der Waals surface area contributed by atoms with E-state index in [1.165, 1.54) is 38.5 Å². The summed E-state index contributed by atoms with van der Waals surface area (Å²) >= 11 is 0. The van der Waals surface area contributed by atoms with Crippen LogP contribution in [-0.2, 0) is 28.7 Å². The van der Waals surface area contributed by atoms with Crippen molar-refractivity contribution in [1.29, 1.82) is 0 Å². The molecule has 9 heteroatoms. The first-order chi connectivity index (χ1) is 27.6. The van der Waals surface area contributed by atoms with Crippen molar-refractivity contribution in [3.05, 3.63) is 0 Å². The SMILES string of the molecule is CC1C[C@H](C(=O)N2CCOCC2)C[C@@H]1NC(=O)[C@]12CCC(C3(C)CC3)C1[C@H]1CC[C@@H]3[C@@]4(C)CC[C@H](OC(=O)[C@H]5C[C@@H](C(=O)O)C5(C)C)C(C)(C)[C@@H]4CC[C@@]3(C)[C@]1(C)CC2. The average Bonchev–Trinajstić information content (AvgIpc) is 3.62. The quantitative estimate of drug-likeness (QED) is 0.246. The highest BCUT2D eigenvalue weighted by Gasteiger charge is 2.74. The molecule has 0 aromatic heterocycles. The maximum atomic E-state index is 15.2. The summed E-state index contributed by atoms with van der Waals surface area (Å²) in [4.78, 5) is 56.3. The molecule has 0 spiro atoms. The smallest absolute Gasteiger partial charge is 0.309 e. The lowest BCUT2D eigenvalue weighted by atomic mass is 9.32. The number of nitrogens with one attached hydrogen (secondary N) is 1. The Morgan fingerprint density at radius 3 is 2.07 bits per heavy atom. The maximum Gasteiger partial charge on any atom is 0.309 e. The van der Waals surface area contributed by atoms with Gasteiger partial charge in [0.15, 0.2) is 0 Å². The second-order valence-electron chi connectivity index (χ2n) is 24.6. The van der Waals surface area contributed by atoms with E-state index in [0.29, 0.717) is 79.6 Å². The highest BCUT2D eigenvalue weighted by atomic mass is 16.5. The molecule has 8 aliphatic carbocycles. The molecule has 1 heterocycles. The number of carbonyl (C=O) groups is 4. The van der Waals surface area contributed by atoms with Crippen molar-refractivity contribution >= 4 is 23.8 Å². The number of carboxylic acid groups (broad SMARTS) is 1. The third-order valence-corrected chi connectivity index (χ3v) is 21.7. The predicted octanol–water partition coefficient (Wildman–Crippen LogP) is 8.92.